The van der Waals surface area contributed by atoms with Crippen LogP contribution in [0.3, 0.4) is 0 Å². The van der Waals surface area contributed by atoms with Crippen molar-refractivity contribution >= 4 is 22.7 Å². The van der Waals surface area contributed by atoms with E-state index in [0.717, 1.165) is 12.5 Å². The van der Waals surface area contributed by atoms with E-state index in [4.69, 9.17) is 5.73 Å². The van der Waals surface area contributed by atoms with Gasteiger partial charge in [-0.05, 0) is 35.7 Å². The molecule has 19 heavy (non-hydrogen) atoms. The van der Waals surface area contributed by atoms with Crippen LogP contribution in [-0.4, -0.2) is 26.3 Å². The molecule has 0 aliphatic carbocycles. The highest BCUT2D eigenvalue weighted by Crippen LogP contribution is 2.26. The van der Waals surface area contributed by atoms with Crippen LogP contribution in [0.25, 0.3) is 0 Å². The number of nitrogens with one attached hydrogen (secondary N) is 1. The van der Waals surface area contributed by atoms with E-state index in [-0.39, 0.29) is 34.7 Å². The van der Waals surface area contributed by atoms with Gasteiger partial charge in [-0.25, -0.2) is 0 Å². The lowest BCUT2D eigenvalue weighted by molar-refractivity contribution is -0.119. The Morgan fingerprint density at radius 1 is 1.58 bits per heavy atom. The lowest BCUT2D eigenvalue weighted by Crippen LogP contribution is -2.29. The molecule has 7 heteroatoms. The van der Waals surface area contributed by atoms with Gasteiger partial charge in [0.15, 0.2) is 0 Å². The maximum absolute atomic E-state index is 11.9. The normalized spacial score (nSPS) is 13.8. The molecular weight excluding hydrogens is 268 g/mol. The standard InChI is InChI=1S/C12H18N2O4S/c1-2-3-8(7-13)12(16)14-10-5-4-9(19(17)18)6-11(10)15/h4-6,8,15H,2-3,7,13H2,1H3,(H,14,16)(H,17,18)/p-1/t8-/m0/s1. The van der Waals surface area contributed by atoms with Crippen LogP contribution in [0.2, 0.25) is 0 Å². The summed E-state index contributed by atoms with van der Waals surface area (Å²) < 4.78 is 21.4. The number of hydrogen-bond acceptors (Lipinski definition) is 5. The molecule has 1 unspecified atom stereocenters. The molecule has 0 aliphatic rings. The van der Waals surface area contributed by atoms with Gasteiger partial charge < -0.3 is 20.7 Å². The van der Waals surface area contributed by atoms with Gasteiger partial charge in [0.05, 0.1) is 11.6 Å². The lowest BCUT2D eigenvalue weighted by atomic mass is 10.0. The Labute approximate surface area is 114 Å². The van der Waals surface area contributed by atoms with Gasteiger partial charge in [0.2, 0.25) is 5.91 Å². The van der Waals surface area contributed by atoms with Crippen molar-refractivity contribution in [3.05, 3.63) is 18.2 Å². The number of aromatic hydroxyl groups is 1. The van der Waals surface area contributed by atoms with Gasteiger partial charge in [0.1, 0.15) is 5.75 Å². The maximum atomic E-state index is 11.9. The first-order valence-corrected chi connectivity index (χ1v) is 7.00. The summed E-state index contributed by atoms with van der Waals surface area (Å²) in [5, 5.41) is 12.2. The van der Waals surface area contributed by atoms with Gasteiger partial charge in [-0.2, -0.15) is 0 Å². The predicted molar refractivity (Wildman–Crippen MR) is 71.4 cm³/mol. The molecule has 4 N–H and O–H groups in total. The van der Waals surface area contributed by atoms with Crippen molar-refractivity contribution in [3.8, 4) is 5.75 Å². The molecule has 0 aliphatic heterocycles. The number of amides is 1. The van der Waals surface area contributed by atoms with E-state index in [0.29, 0.717) is 6.42 Å². The molecule has 0 bridgehead atoms. The van der Waals surface area contributed by atoms with E-state index in [2.05, 4.69) is 5.32 Å². The van der Waals surface area contributed by atoms with Gasteiger partial charge in [-0.3, -0.25) is 9.00 Å². The smallest absolute Gasteiger partial charge is 0.228 e. The fourth-order valence-corrected chi connectivity index (χ4v) is 2.05. The zero-order valence-electron chi connectivity index (χ0n) is 10.6. The molecule has 2 atom stereocenters. The molecule has 0 radical (unpaired) electrons. The summed E-state index contributed by atoms with van der Waals surface area (Å²) in [4.78, 5) is 11.8. The first-order chi connectivity index (χ1) is 8.99. The van der Waals surface area contributed by atoms with E-state index in [9.17, 15) is 18.7 Å². The molecule has 106 valence electrons. The van der Waals surface area contributed by atoms with Crippen molar-refractivity contribution in [1.82, 2.24) is 0 Å². The van der Waals surface area contributed by atoms with Crippen LogP contribution in [0, 0.1) is 5.92 Å². The lowest BCUT2D eigenvalue weighted by Gasteiger charge is -2.15. The number of carbonyl (C=O) groups is 1. The quantitative estimate of drug-likeness (QED) is 0.531. The Morgan fingerprint density at radius 2 is 2.26 bits per heavy atom. The Morgan fingerprint density at radius 3 is 2.74 bits per heavy atom. The average Bonchev–Trinajstić information content (AvgIpc) is 2.37. The molecule has 1 aromatic rings. The van der Waals surface area contributed by atoms with Crippen molar-refractivity contribution < 1.29 is 18.7 Å². The molecule has 0 saturated carbocycles. The molecule has 0 spiro atoms. The predicted octanol–water partition coefficient (Wildman–Crippen LogP) is 0.944. The second kappa shape index (κ2) is 7.22. The Kier molecular flexibility index (Phi) is 5.94. The fourth-order valence-electron chi connectivity index (χ4n) is 1.66. The molecule has 1 rings (SSSR count). The van der Waals surface area contributed by atoms with Crippen LogP contribution in [0.15, 0.2) is 23.1 Å². The Balaban J connectivity index is 2.82. The minimum atomic E-state index is -2.42. The summed E-state index contributed by atoms with van der Waals surface area (Å²) in [6.45, 7) is 2.18. The van der Waals surface area contributed by atoms with E-state index in [1.165, 1.54) is 12.1 Å². The van der Waals surface area contributed by atoms with E-state index in [1.807, 2.05) is 6.92 Å². The van der Waals surface area contributed by atoms with Crippen LogP contribution in [0.5, 0.6) is 5.75 Å². The minimum Gasteiger partial charge on any atom is -0.768 e. The van der Waals surface area contributed by atoms with E-state index in [1.54, 1.807) is 0 Å². The number of carbonyl (C=O) groups excluding carboxylic acids is 1. The highest BCUT2D eigenvalue weighted by atomic mass is 32.2. The van der Waals surface area contributed by atoms with Crippen LogP contribution in [-0.2, 0) is 15.9 Å². The van der Waals surface area contributed by atoms with Gasteiger partial charge >= 0.3 is 0 Å². The SMILES string of the molecule is CCC[C@@H](CN)C(=O)Nc1ccc(S(=O)[O-])cc1O. The zero-order chi connectivity index (χ0) is 14.4. The third-order valence-electron chi connectivity index (χ3n) is 2.71. The van der Waals surface area contributed by atoms with Crippen LogP contribution in [0.1, 0.15) is 19.8 Å². The number of rotatable bonds is 6. The zero-order valence-corrected chi connectivity index (χ0v) is 11.4. The largest absolute Gasteiger partial charge is 0.768 e. The highest BCUT2D eigenvalue weighted by molar-refractivity contribution is 7.79. The van der Waals surface area contributed by atoms with Crippen molar-refractivity contribution in [2.24, 2.45) is 11.7 Å². The molecule has 0 saturated heterocycles. The fraction of sp³-hybridized carbons (Fsp3) is 0.417. The third kappa shape index (κ3) is 4.30. The van der Waals surface area contributed by atoms with Gasteiger partial charge in [-0.1, -0.05) is 13.3 Å². The monoisotopic (exact) mass is 285 g/mol. The molecule has 1 aromatic carbocycles. The van der Waals surface area contributed by atoms with Crippen LogP contribution >= 0.6 is 0 Å². The second-order valence-corrected chi connectivity index (χ2v) is 5.07. The van der Waals surface area contributed by atoms with Crippen LogP contribution < -0.4 is 11.1 Å². The summed E-state index contributed by atoms with van der Waals surface area (Å²) >= 11 is -2.42. The summed E-state index contributed by atoms with van der Waals surface area (Å²) in [6.07, 6.45) is 1.49. The number of hydrogen-bond donors (Lipinski definition) is 3. The first-order valence-electron chi connectivity index (χ1n) is 5.92. The Bertz CT molecular complexity index is 479. The topological polar surface area (TPSA) is 115 Å². The van der Waals surface area contributed by atoms with Crippen molar-refractivity contribution in [2.45, 2.75) is 24.7 Å². The number of nitrogens with two attached hydrogens (primary N) is 1. The molecular formula is C12H17N2O4S-. The minimum absolute atomic E-state index is 0.0422. The summed E-state index contributed by atoms with van der Waals surface area (Å²) in [7, 11) is 0. The van der Waals surface area contributed by atoms with Gasteiger partial charge in [-0.15, -0.1) is 0 Å². The summed E-state index contributed by atoms with van der Waals surface area (Å²) in [5.41, 5.74) is 5.69. The highest BCUT2D eigenvalue weighted by Gasteiger charge is 2.17. The van der Waals surface area contributed by atoms with E-state index >= 15 is 0 Å². The molecule has 0 aromatic heterocycles. The second-order valence-electron chi connectivity index (χ2n) is 4.12. The molecule has 0 fully saturated rings. The maximum Gasteiger partial charge on any atom is 0.228 e. The Hall–Kier alpha value is -1.44. The van der Waals surface area contributed by atoms with E-state index < -0.39 is 11.1 Å². The first kappa shape index (κ1) is 15.6. The third-order valence-corrected chi connectivity index (χ3v) is 3.35. The number of anilines is 1. The number of phenols is 1. The van der Waals surface area contributed by atoms with Crippen molar-refractivity contribution in [2.75, 3.05) is 11.9 Å². The van der Waals surface area contributed by atoms with Gasteiger partial charge in [0, 0.05) is 11.4 Å². The number of benzene rings is 1. The van der Waals surface area contributed by atoms with Gasteiger partial charge in [0.25, 0.3) is 0 Å². The molecule has 1 amide bonds. The van der Waals surface area contributed by atoms with Crippen molar-refractivity contribution in [3.63, 3.8) is 0 Å². The van der Waals surface area contributed by atoms with Crippen LogP contribution in [0.4, 0.5) is 5.69 Å². The van der Waals surface area contributed by atoms with Crippen molar-refractivity contribution in [1.29, 1.82) is 0 Å². The number of phenolic OH excluding ortho intramolecular Hbond substituents is 1. The summed E-state index contributed by atoms with van der Waals surface area (Å²) in [5.74, 6) is -0.893. The summed E-state index contributed by atoms with van der Waals surface area (Å²) in [6, 6.07) is 3.73. The molecule has 6 nitrogen and oxygen atoms in total. The average molecular weight is 285 g/mol. The molecule has 0 heterocycles.